The number of oxazole rings is 1. The minimum Gasteiger partial charge on any atom is -0.460 e. The van der Waals surface area contributed by atoms with Gasteiger partial charge in [-0.3, -0.25) is 10.1 Å². The average molecular weight is 604 g/mol. The quantitative estimate of drug-likeness (QED) is 0.215. The van der Waals surface area contributed by atoms with Crippen LogP contribution in [0.2, 0.25) is 0 Å². The number of carbonyl (C=O) groups excluding carboxylic acids is 1. The number of alkyl halides is 2. The van der Waals surface area contributed by atoms with E-state index in [1.807, 2.05) is 19.1 Å². The fraction of sp³-hybridized carbons (Fsp3) is 0.412. The second-order valence-electron chi connectivity index (χ2n) is 11.8. The second-order valence-corrected chi connectivity index (χ2v) is 11.8. The van der Waals surface area contributed by atoms with Gasteiger partial charge in [0.2, 0.25) is 5.89 Å². The van der Waals surface area contributed by atoms with E-state index in [4.69, 9.17) is 23.6 Å². The molecule has 2 N–H and O–H groups in total. The molecule has 0 bridgehead atoms. The Morgan fingerprint density at radius 3 is 2.59 bits per heavy atom. The van der Waals surface area contributed by atoms with Crippen molar-refractivity contribution in [2.24, 2.45) is 0 Å². The maximum Gasteiger partial charge on any atom is 0.387 e. The van der Waals surface area contributed by atoms with Crippen LogP contribution in [0.25, 0.3) is 33.7 Å². The number of nitrogens with zero attached hydrogens (tertiary/aromatic N) is 1. The molecule has 3 heterocycles. The number of carbonyl (C=O) groups is 1. The summed E-state index contributed by atoms with van der Waals surface area (Å²) in [5, 5.41) is 6.75. The zero-order valence-corrected chi connectivity index (χ0v) is 24.7. The van der Waals surface area contributed by atoms with Gasteiger partial charge in [0, 0.05) is 23.2 Å². The van der Waals surface area contributed by atoms with Crippen molar-refractivity contribution < 1.29 is 32.2 Å². The molecule has 0 amide bonds. The molecule has 1 aliphatic carbocycles. The lowest BCUT2D eigenvalue weighted by Crippen LogP contribution is -2.32. The Labute approximate surface area is 254 Å². The third-order valence-electron chi connectivity index (χ3n) is 9.14. The predicted molar refractivity (Wildman–Crippen MR) is 160 cm³/mol. The molecule has 44 heavy (non-hydrogen) atoms. The van der Waals surface area contributed by atoms with Gasteiger partial charge in [0.15, 0.2) is 5.58 Å². The van der Waals surface area contributed by atoms with Crippen LogP contribution in [0.5, 0.6) is 5.75 Å². The summed E-state index contributed by atoms with van der Waals surface area (Å²) in [4.78, 5) is 17.1. The van der Waals surface area contributed by atoms with Crippen LogP contribution in [-0.4, -0.2) is 42.3 Å². The smallest absolute Gasteiger partial charge is 0.387 e. The van der Waals surface area contributed by atoms with Gasteiger partial charge in [-0.1, -0.05) is 30.3 Å². The van der Waals surface area contributed by atoms with Gasteiger partial charge in [-0.2, -0.15) is 8.78 Å². The van der Waals surface area contributed by atoms with Crippen LogP contribution in [0.3, 0.4) is 0 Å². The summed E-state index contributed by atoms with van der Waals surface area (Å²) in [5.74, 6) is -0.183. The van der Waals surface area contributed by atoms with Crippen molar-refractivity contribution >= 4 is 17.1 Å². The molecule has 3 aliphatic rings. The fourth-order valence-electron chi connectivity index (χ4n) is 6.81. The van der Waals surface area contributed by atoms with Gasteiger partial charge >= 0.3 is 12.6 Å². The Hall–Kier alpha value is -3.86. The first-order chi connectivity index (χ1) is 21.4. The molecule has 2 aliphatic heterocycles. The number of rotatable bonds is 8. The molecule has 0 radical (unpaired) electrons. The van der Waals surface area contributed by atoms with E-state index in [9.17, 15) is 13.6 Å². The number of aromatic nitrogens is 1. The normalized spacial score (nSPS) is 23.0. The van der Waals surface area contributed by atoms with E-state index in [-0.39, 0.29) is 30.3 Å². The third kappa shape index (κ3) is 5.46. The van der Waals surface area contributed by atoms with Crippen LogP contribution in [-0.2, 0) is 20.9 Å². The average Bonchev–Trinajstić information content (AvgIpc) is 3.81. The maximum absolute atomic E-state index is 13.3. The number of nitrogens with one attached hydrogen (secondary N) is 2. The number of halogens is 2. The Bertz CT molecular complexity index is 1690. The Balaban J connectivity index is 1.19. The largest absolute Gasteiger partial charge is 0.460 e. The Morgan fingerprint density at radius 1 is 1.02 bits per heavy atom. The molecule has 230 valence electrons. The van der Waals surface area contributed by atoms with E-state index in [1.165, 1.54) is 12.5 Å². The highest BCUT2D eigenvalue weighted by atomic mass is 19.3. The molecule has 3 aromatic carbocycles. The highest BCUT2D eigenvalue weighted by Crippen LogP contribution is 2.40. The topological polar surface area (TPSA) is 94.9 Å². The standard InChI is InChI=1S/C34H35F2N3O5/c1-18-21(7-3-9-23(18)31-38-25-11-5-13-28(25)42-31)22-8-4-10-24(19(22)2)32-39-27-15-20(17-41-33(40)26-12-6-14-37-26)29(44-34(35)36)16-30(27)43-32/h3-4,7-10,15-16,25-26,28,31,34,37-38H,5-6,11-14,17H2,1-2H3/t25?,26-,28?,31?/m0/s1. The minimum absolute atomic E-state index is 0.118. The minimum atomic E-state index is -3.05. The molecular formula is C34H35F2N3O5. The van der Waals surface area contributed by atoms with Crippen LogP contribution < -0.4 is 15.4 Å². The number of benzene rings is 3. The molecule has 1 saturated carbocycles. The summed E-state index contributed by atoms with van der Waals surface area (Å²) < 4.78 is 49.3. The van der Waals surface area contributed by atoms with E-state index in [1.54, 1.807) is 6.07 Å². The van der Waals surface area contributed by atoms with Crippen molar-refractivity contribution in [2.45, 2.75) is 83.6 Å². The first-order valence-corrected chi connectivity index (χ1v) is 15.3. The number of ether oxygens (including phenoxy) is 3. The lowest BCUT2D eigenvalue weighted by Gasteiger charge is -2.19. The Morgan fingerprint density at radius 2 is 1.82 bits per heavy atom. The molecule has 3 fully saturated rings. The van der Waals surface area contributed by atoms with E-state index >= 15 is 0 Å². The predicted octanol–water partition coefficient (Wildman–Crippen LogP) is 6.71. The van der Waals surface area contributed by atoms with Gasteiger partial charge in [-0.25, -0.2) is 4.98 Å². The second kappa shape index (κ2) is 11.9. The highest BCUT2D eigenvalue weighted by Gasteiger charge is 2.39. The number of hydrogen-bond acceptors (Lipinski definition) is 8. The molecule has 7 rings (SSSR count). The van der Waals surface area contributed by atoms with Gasteiger partial charge in [-0.15, -0.1) is 0 Å². The van der Waals surface area contributed by atoms with Gasteiger partial charge in [0.05, 0.1) is 6.10 Å². The summed E-state index contributed by atoms with van der Waals surface area (Å²) in [6.07, 6.45) is 5.15. The van der Waals surface area contributed by atoms with Gasteiger partial charge in [-0.05, 0) is 92.4 Å². The first-order valence-electron chi connectivity index (χ1n) is 15.3. The molecular weight excluding hydrogens is 568 g/mol. The fourth-order valence-corrected chi connectivity index (χ4v) is 6.81. The molecule has 8 nitrogen and oxygen atoms in total. The maximum atomic E-state index is 13.3. The summed E-state index contributed by atoms with van der Waals surface area (Å²) >= 11 is 0. The van der Waals surface area contributed by atoms with Crippen molar-refractivity contribution in [3.05, 3.63) is 70.8 Å². The zero-order chi connectivity index (χ0) is 30.4. The Kier molecular flexibility index (Phi) is 7.82. The summed E-state index contributed by atoms with van der Waals surface area (Å²) in [7, 11) is 0. The van der Waals surface area contributed by atoms with Crippen LogP contribution >= 0.6 is 0 Å². The lowest BCUT2D eigenvalue weighted by atomic mass is 9.91. The number of esters is 1. The SMILES string of the molecule is Cc1c(-c2nc3cc(COC(=O)[C@@H]4CCCN4)c(OC(F)F)cc3o2)cccc1-c1cccc(C2NC3CCCC3O2)c1C. The summed E-state index contributed by atoms with van der Waals surface area (Å²) in [6.45, 7) is 1.61. The van der Waals surface area contributed by atoms with Crippen LogP contribution in [0, 0.1) is 13.8 Å². The monoisotopic (exact) mass is 603 g/mol. The molecule has 10 heteroatoms. The molecule has 1 aromatic heterocycles. The molecule has 0 spiro atoms. The molecule has 3 unspecified atom stereocenters. The third-order valence-corrected chi connectivity index (χ3v) is 9.14. The number of hydrogen-bond donors (Lipinski definition) is 2. The van der Waals surface area contributed by atoms with Crippen LogP contribution in [0.1, 0.15) is 60.6 Å². The highest BCUT2D eigenvalue weighted by molar-refractivity contribution is 5.83. The van der Waals surface area contributed by atoms with Crippen molar-refractivity contribution in [1.29, 1.82) is 0 Å². The molecule has 2 saturated heterocycles. The lowest BCUT2D eigenvalue weighted by molar-refractivity contribution is -0.147. The molecule has 4 aromatic rings. The molecule has 4 atom stereocenters. The van der Waals surface area contributed by atoms with E-state index in [2.05, 4.69) is 41.8 Å². The first kappa shape index (κ1) is 28.9. The van der Waals surface area contributed by atoms with Gasteiger partial charge < -0.3 is 23.9 Å². The van der Waals surface area contributed by atoms with Crippen LogP contribution in [0.15, 0.2) is 52.9 Å². The van der Waals surface area contributed by atoms with Crippen molar-refractivity contribution in [3.8, 4) is 28.3 Å². The number of fused-ring (bicyclic) bond motifs is 2. The van der Waals surface area contributed by atoms with Crippen molar-refractivity contribution in [2.75, 3.05) is 6.54 Å². The van der Waals surface area contributed by atoms with E-state index < -0.39 is 18.6 Å². The van der Waals surface area contributed by atoms with Gasteiger partial charge in [0.25, 0.3) is 0 Å². The van der Waals surface area contributed by atoms with E-state index in [0.29, 0.717) is 29.5 Å². The van der Waals surface area contributed by atoms with Crippen LogP contribution in [0.4, 0.5) is 8.78 Å². The zero-order valence-electron chi connectivity index (χ0n) is 24.7. The summed E-state index contributed by atoms with van der Waals surface area (Å²) in [5.41, 5.74) is 7.19. The summed E-state index contributed by atoms with van der Waals surface area (Å²) in [6, 6.07) is 15.2. The van der Waals surface area contributed by atoms with Crippen molar-refractivity contribution in [1.82, 2.24) is 15.6 Å². The van der Waals surface area contributed by atoms with E-state index in [0.717, 1.165) is 59.2 Å². The van der Waals surface area contributed by atoms with Gasteiger partial charge in [0.1, 0.15) is 30.1 Å². The van der Waals surface area contributed by atoms with Crippen molar-refractivity contribution in [3.63, 3.8) is 0 Å².